The molecule has 0 aromatic rings. The lowest BCUT2D eigenvalue weighted by Gasteiger charge is -2.49. The van der Waals surface area contributed by atoms with Crippen molar-refractivity contribution >= 4 is 0 Å². The smallest absolute Gasteiger partial charge is 0.0864 e. The van der Waals surface area contributed by atoms with E-state index in [-0.39, 0.29) is 36.1 Å². The van der Waals surface area contributed by atoms with E-state index in [9.17, 15) is 5.11 Å². The van der Waals surface area contributed by atoms with Crippen molar-refractivity contribution in [3.05, 3.63) is 0 Å². The molecule has 1 aliphatic heterocycles. The number of nitrogens with one attached hydrogen (secondary N) is 1. The normalized spacial score (nSPS) is 50.2. The number of aliphatic hydroxyl groups excluding tert-OH is 1. The molecule has 6 N–H and O–H groups in total. The van der Waals surface area contributed by atoms with Gasteiger partial charge in [0.05, 0.1) is 18.3 Å². The minimum absolute atomic E-state index is 0.0207. The van der Waals surface area contributed by atoms with Crippen LogP contribution in [0, 0.1) is 29.6 Å². The van der Waals surface area contributed by atoms with Crippen LogP contribution in [0.3, 0.4) is 0 Å². The van der Waals surface area contributed by atoms with Crippen molar-refractivity contribution in [3.8, 4) is 0 Å². The first-order chi connectivity index (χ1) is 11.2. The standard InChI is InChI=1S/C19H39N3O2/c1-9(2)19-18(23)12(5)17(21)16(24-19)7-13-10(3)11(4)15(22-6)8-14(13)20/h9-19,22-23H,7-8,20-21H2,1-6H3/t10?,11-,12?,13-,14?,15?,16+,17?,18-,19?/m0/s1. The summed E-state index contributed by atoms with van der Waals surface area (Å²) in [6.45, 7) is 10.9. The number of hydrogen-bond donors (Lipinski definition) is 4. The molecule has 0 bridgehead atoms. The van der Waals surface area contributed by atoms with Gasteiger partial charge in [0.2, 0.25) is 0 Å². The first-order valence-electron chi connectivity index (χ1n) is 9.70. The molecule has 0 radical (unpaired) electrons. The van der Waals surface area contributed by atoms with Crippen LogP contribution in [0.2, 0.25) is 0 Å². The van der Waals surface area contributed by atoms with E-state index in [2.05, 4.69) is 33.0 Å². The molecule has 0 spiro atoms. The third-order valence-corrected chi connectivity index (χ3v) is 6.99. The molecule has 10 atom stereocenters. The van der Waals surface area contributed by atoms with Gasteiger partial charge in [-0.1, -0.05) is 34.6 Å². The molecular formula is C19H39N3O2. The maximum atomic E-state index is 10.5. The zero-order chi connectivity index (χ0) is 18.2. The SMILES string of the molecule is CNC1CC(N)[C@@H](C[C@H]2OC(C(C)C)[C@@H](O)C(C)C2N)C(C)[C@@H]1C. The first-order valence-corrected chi connectivity index (χ1v) is 9.70. The predicted molar refractivity (Wildman–Crippen MR) is 98.5 cm³/mol. The van der Waals surface area contributed by atoms with Crippen LogP contribution in [0.1, 0.15) is 47.5 Å². The summed E-state index contributed by atoms with van der Waals surface area (Å²) in [6.07, 6.45) is 1.25. The molecule has 2 rings (SSSR count). The van der Waals surface area contributed by atoms with Crippen LogP contribution in [-0.4, -0.2) is 48.6 Å². The average Bonchev–Trinajstić information content (AvgIpc) is 2.54. The summed E-state index contributed by atoms with van der Waals surface area (Å²) >= 11 is 0. The zero-order valence-electron chi connectivity index (χ0n) is 16.3. The Kier molecular flexibility index (Phi) is 6.71. The lowest BCUT2D eigenvalue weighted by Crippen LogP contribution is -2.60. The summed E-state index contributed by atoms with van der Waals surface area (Å²) in [5.41, 5.74) is 13.0. The van der Waals surface area contributed by atoms with Crippen LogP contribution in [0.15, 0.2) is 0 Å². The highest BCUT2D eigenvalue weighted by Crippen LogP contribution is 2.39. The summed E-state index contributed by atoms with van der Waals surface area (Å²) in [7, 11) is 2.03. The second kappa shape index (κ2) is 8.00. The molecule has 1 saturated heterocycles. The Morgan fingerprint density at radius 3 is 2.29 bits per heavy atom. The highest BCUT2D eigenvalue weighted by molar-refractivity contribution is 4.99. The van der Waals surface area contributed by atoms with E-state index in [0.29, 0.717) is 23.8 Å². The topological polar surface area (TPSA) is 93.5 Å². The largest absolute Gasteiger partial charge is 0.390 e. The quantitative estimate of drug-likeness (QED) is 0.619. The number of nitrogens with two attached hydrogens (primary N) is 2. The zero-order valence-corrected chi connectivity index (χ0v) is 16.3. The second-order valence-corrected chi connectivity index (χ2v) is 8.72. The van der Waals surface area contributed by atoms with Crippen LogP contribution in [0.25, 0.3) is 0 Å². The number of ether oxygens (including phenoxy) is 1. The summed E-state index contributed by atoms with van der Waals surface area (Å²) in [5, 5.41) is 13.9. The number of hydrogen-bond acceptors (Lipinski definition) is 5. The van der Waals surface area contributed by atoms with Gasteiger partial charge in [0.25, 0.3) is 0 Å². The van der Waals surface area contributed by atoms with E-state index in [4.69, 9.17) is 16.2 Å². The molecule has 6 unspecified atom stereocenters. The molecule has 0 aromatic heterocycles. The molecule has 24 heavy (non-hydrogen) atoms. The summed E-state index contributed by atoms with van der Waals surface area (Å²) in [5.74, 6) is 1.86. The van der Waals surface area contributed by atoms with Gasteiger partial charge in [-0.3, -0.25) is 0 Å². The Labute approximate surface area is 147 Å². The number of rotatable bonds is 4. The summed E-state index contributed by atoms with van der Waals surface area (Å²) in [6, 6.07) is 0.521. The third kappa shape index (κ3) is 3.80. The van der Waals surface area contributed by atoms with Gasteiger partial charge in [-0.25, -0.2) is 0 Å². The van der Waals surface area contributed by atoms with Crippen LogP contribution < -0.4 is 16.8 Å². The van der Waals surface area contributed by atoms with Crippen molar-refractivity contribution < 1.29 is 9.84 Å². The lowest BCUT2D eigenvalue weighted by molar-refractivity contribution is -0.174. The molecule has 1 heterocycles. The minimum atomic E-state index is -0.485. The Hall–Kier alpha value is -0.200. The monoisotopic (exact) mass is 341 g/mol. The molecule has 0 amide bonds. The predicted octanol–water partition coefficient (Wildman–Crippen LogP) is 1.33. The van der Waals surface area contributed by atoms with E-state index in [1.165, 1.54) is 0 Å². The minimum Gasteiger partial charge on any atom is -0.390 e. The molecule has 5 heteroatoms. The molecular weight excluding hydrogens is 302 g/mol. The number of aliphatic hydroxyl groups is 1. The summed E-state index contributed by atoms with van der Waals surface area (Å²) < 4.78 is 6.28. The van der Waals surface area contributed by atoms with Crippen molar-refractivity contribution in [2.75, 3.05) is 7.05 Å². The third-order valence-electron chi connectivity index (χ3n) is 6.99. The van der Waals surface area contributed by atoms with Crippen molar-refractivity contribution in [2.24, 2.45) is 41.1 Å². The Morgan fingerprint density at radius 1 is 1.12 bits per heavy atom. The van der Waals surface area contributed by atoms with E-state index in [1.54, 1.807) is 0 Å². The molecule has 2 aliphatic rings. The van der Waals surface area contributed by atoms with Gasteiger partial charge in [0.1, 0.15) is 0 Å². The molecule has 5 nitrogen and oxygen atoms in total. The molecule has 1 aliphatic carbocycles. The summed E-state index contributed by atoms with van der Waals surface area (Å²) in [4.78, 5) is 0. The molecule has 1 saturated carbocycles. The van der Waals surface area contributed by atoms with Crippen LogP contribution in [-0.2, 0) is 4.74 Å². The van der Waals surface area contributed by atoms with Crippen molar-refractivity contribution in [1.82, 2.24) is 5.32 Å². The van der Waals surface area contributed by atoms with Gasteiger partial charge in [0, 0.05) is 24.0 Å². The Bertz CT molecular complexity index is 406. The molecule has 2 fully saturated rings. The first kappa shape index (κ1) is 20.1. The second-order valence-electron chi connectivity index (χ2n) is 8.72. The van der Waals surface area contributed by atoms with E-state index >= 15 is 0 Å². The average molecular weight is 342 g/mol. The molecule has 0 aromatic carbocycles. The maximum absolute atomic E-state index is 10.5. The van der Waals surface area contributed by atoms with E-state index in [1.807, 2.05) is 14.0 Å². The highest BCUT2D eigenvalue weighted by atomic mass is 16.5. The Balaban J connectivity index is 2.10. The van der Waals surface area contributed by atoms with Crippen LogP contribution in [0.4, 0.5) is 0 Å². The highest BCUT2D eigenvalue weighted by Gasteiger charge is 2.45. The van der Waals surface area contributed by atoms with Crippen molar-refractivity contribution in [2.45, 2.75) is 83.9 Å². The maximum Gasteiger partial charge on any atom is 0.0864 e. The van der Waals surface area contributed by atoms with Gasteiger partial charge >= 0.3 is 0 Å². The fourth-order valence-electron chi connectivity index (χ4n) is 4.87. The molecule has 142 valence electrons. The van der Waals surface area contributed by atoms with Gasteiger partial charge in [-0.15, -0.1) is 0 Å². The van der Waals surface area contributed by atoms with Crippen molar-refractivity contribution in [3.63, 3.8) is 0 Å². The lowest BCUT2D eigenvalue weighted by atomic mass is 9.66. The Morgan fingerprint density at radius 2 is 1.75 bits per heavy atom. The van der Waals surface area contributed by atoms with Gasteiger partial charge in [-0.05, 0) is 43.6 Å². The van der Waals surface area contributed by atoms with Crippen LogP contribution in [0.5, 0.6) is 0 Å². The van der Waals surface area contributed by atoms with Crippen LogP contribution >= 0.6 is 0 Å². The van der Waals surface area contributed by atoms with E-state index < -0.39 is 6.10 Å². The fraction of sp³-hybridized carbons (Fsp3) is 1.00. The van der Waals surface area contributed by atoms with Gasteiger partial charge in [-0.2, -0.15) is 0 Å². The van der Waals surface area contributed by atoms with E-state index in [0.717, 1.165) is 12.8 Å². The van der Waals surface area contributed by atoms with Crippen molar-refractivity contribution in [1.29, 1.82) is 0 Å². The van der Waals surface area contributed by atoms with Gasteiger partial charge < -0.3 is 26.6 Å². The fourth-order valence-corrected chi connectivity index (χ4v) is 4.87. The van der Waals surface area contributed by atoms with Gasteiger partial charge in [0.15, 0.2) is 0 Å².